The summed E-state index contributed by atoms with van der Waals surface area (Å²) in [4.78, 5) is 17.3. The second-order valence-electron chi connectivity index (χ2n) is 4.67. The standard InChI is InChI=1S/C13H16BrN7/c14-11-12(19-15)17-9-18-13(11)21-7-5-20(6-8-21)10-3-1-2-4-16-10/h1-4,9H,5-8,15H2,(H,17,18,19). The number of rotatable bonds is 3. The number of aromatic nitrogens is 3. The molecule has 2 aromatic heterocycles. The summed E-state index contributed by atoms with van der Waals surface area (Å²) >= 11 is 3.50. The molecule has 0 aliphatic carbocycles. The molecule has 3 heterocycles. The van der Waals surface area contributed by atoms with E-state index in [-0.39, 0.29) is 0 Å². The van der Waals surface area contributed by atoms with E-state index in [1.54, 1.807) is 0 Å². The summed E-state index contributed by atoms with van der Waals surface area (Å²) < 4.78 is 0.791. The molecule has 0 spiro atoms. The van der Waals surface area contributed by atoms with Gasteiger partial charge in [-0.3, -0.25) is 0 Å². The van der Waals surface area contributed by atoms with Crippen molar-refractivity contribution in [2.45, 2.75) is 0 Å². The molecule has 0 bridgehead atoms. The summed E-state index contributed by atoms with van der Waals surface area (Å²) in [6.45, 7) is 3.55. The average Bonchev–Trinajstić information content (AvgIpc) is 2.56. The molecule has 1 fully saturated rings. The number of nitrogen functional groups attached to an aromatic ring is 1. The molecule has 3 N–H and O–H groups in total. The van der Waals surface area contributed by atoms with Crippen LogP contribution >= 0.6 is 15.9 Å². The number of hydrogen-bond acceptors (Lipinski definition) is 7. The van der Waals surface area contributed by atoms with Crippen LogP contribution in [0.3, 0.4) is 0 Å². The van der Waals surface area contributed by atoms with Gasteiger partial charge < -0.3 is 15.2 Å². The molecule has 2 aromatic rings. The highest BCUT2D eigenvalue weighted by atomic mass is 79.9. The normalized spacial score (nSPS) is 15.1. The lowest BCUT2D eigenvalue weighted by atomic mass is 10.3. The Morgan fingerprint density at radius 3 is 2.48 bits per heavy atom. The van der Waals surface area contributed by atoms with Crippen LogP contribution in [0.15, 0.2) is 35.2 Å². The number of anilines is 3. The van der Waals surface area contributed by atoms with Crippen LogP contribution in [0.4, 0.5) is 17.5 Å². The molecule has 0 atom stereocenters. The molecule has 0 unspecified atom stereocenters. The Morgan fingerprint density at radius 2 is 1.81 bits per heavy atom. The zero-order valence-electron chi connectivity index (χ0n) is 11.4. The molecule has 0 amide bonds. The first-order valence-corrected chi connectivity index (χ1v) is 7.47. The summed E-state index contributed by atoms with van der Waals surface area (Å²) in [7, 11) is 0. The smallest absolute Gasteiger partial charge is 0.159 e. The van der Waals surface area contributed by atoms with Crippen LogP contribution in [0.1, 0.15) is 0 Å². The summed E-state index contributed by atoms with van der Waals surface area (Å²) in [6.07, 6.45) is 3.34. The molecular formula is C13H16BrN7. The summed E-state index contributed by atoms with van der Waals surface area (Å²) in [5.41, 5.74) is 2.56. The van der Waals surface area contributed by atoms with E-state index in [4.69, 9.17) is 5.84 Å². The molecule has 1 aliphatic heterocycles. The van der Waals surface area contributed by atoms with Gasteiger partial charge in [-0.05, 0) is 28.1 Å². The monoisotopic (exact) mass is 349 g/mol. The van der Waals surface area contributed by atoms with E-state index in [2.05, 4.69) is 46.1 Å². The third-order valence-electron chi connectivity index (χ3n) is 3.46. The third-order valence-corrected chi connectivity index (χ3v) is 4.19. The number of hydrogen-bond donors (Lipinski definition) is 2. The van der Waals surface area contributed by atoms with Crippen molar-refractivity contribution in [3.63, 3.8) is 0 Å². The largest absolute Gasteiger partial charge is 0.353 e. The molecule has 1 saturated heterocycles. The summed E-state index contributed by atoms with van der Waals surface area (Å²) in [6, 6.07) is 5.97. The molecule has 8 heteroatoms. The minimum Gasteiger partial charge on any atom is -0.353 e. The predicted molar refractivity (Wildman–Crippen MR) is 86.2 cm³/mol. The van der Waals surface area contributed by atoms with Gasteiger partial charge in [-0.15, -0.1) is 0 Å². The van der Waals surface area contributed by atoms with E-state index < -0.39 is 0 Å². The Morgan fingerprint density at radius 1 is 1.05 bits per heavy atom. The van der Waals surface area contributed by atoms with Crippen molar-refractivity contribution >= 4 is 33.4 Å². The van der Waals surface area contributed by atoms with Crippen LogP contribution < -0.4 is 21.1 Å². The second-order valence-corrected chi connectivity index (χ2v) is 5.46. The fraction of sp³-hybridized carbons (Fsp3) is 0.308. The van der Waals surface area contributed by atoms with Gasteiger partial charge in [-0.1, -0.05) is 6.07 Å². The zero-order chi connectivity index (χ0) is 14.7. The quantitative estimate of drug-likeness (QED) is 0.637. The first kappa shape index (κ1) is 14.0. The molecule has 1 aliphatic rings. The minimum atomic E-state index is 0.590. The molecule has 21 heavy (non-hydrogen) atoms. The number of nitrogens with one attached hydrogen (secondary N) is 1. The zero-order valence-corrected chi connectivity index (χ0v) is 13.0. The van der Waals surface area contributed by atoms with Gasteiger partial charge in [0.2, 0.25) is 0 Å². The Bertz CT molecular complexity index is 599. The van der Waals surface area contributed by atoms with E-state index >= 15 is 0 Å². The van der Waals surface area contributed by atoms with Crippen molar-refractivity contribution in [3.8, 4) is 0 Å². The van der Waals surface area contributed by atoms with Gasteiger partial charge in [0.05, 0.1) is 0 Å². The van der Waals surface area contributed by atoms with Gasteiger partial charge in [-0.25, -0.2) is 20.8 Å². The number of nitrogens with two attached hydrogens (primary N) is 1. The third kappa shape index (κ3) is 2.91. The SMILES string of the molecule is NNc1ncnc(N2CCN(c3ccccn3)CC2)c1Br. The van der Waals surface area contributed by atoms with Gasteiger partial charge >= 0.3 is 0 Å². The van der Waals surface area contributed by atoms with Crippen LogP contribution in [0.25, 0.3) is 0 Å². The number of piperazine rings is 1. The molecule has 3 rings (SSSR count). The van der Waals surface area contributed by atoms with E-state index in [0.29, 0.717) is 5.82 Å². The highest BCUT2D eigenvalue weighted by Gasteiger charge is 2.21. The van der Waals surface area contributed by atoms with Gasteiger partial charge in [0.25, 0.3) is 0 Å². The van der Waals surface area contributed by atoms with Crippen molar-refractivity contribution in [2.24, 2.45) is 5.84 Å². The van der Waals surface area contributed by atoms with Crippen molar-refractivity contribution in [3.05, 3.63) is 35.2 Å². The van der Waals surface area contributed by atoms with Crippen molar-refractivity contribution in [1.82, 2.24) is 15.0 Å². The lowest BCUT2D eigenvalue weighted by molar-refractivity contribution is 0.640. The van der Waals surface area contributed by atoms with Crippen molar-refractivity contribution < 1.29 is 0 Å². The molecule has 0 saturated carbocycles. The first-order valence-electron chi connectivity index (χ1n) is 6.67. The molecular weight excluding hydrogens is 334 g/mol. The van der Waals surface area contributed by atoms with Crippen LogP contribution in [-0.2, 0) is 0 Å². The Labute approximate surface area is 131 Å². The van der Waals surface area contributed by atoms with Gasteiger partial charge in [0.15, 0.2) is 5.82 Å². The van der Waals surface area contributed by atoms with Gasteiger partial charge in [-0.2, -0.15) is 0 Å². The molecule has 0 aromatic carbocycles. The number of hydrazine groups is 1. The Balaban J connectivity index is 1.72. The Hall–Kier alpha value is -1.93. The predicted octanol–water partition coefficient (Wildman–Crippen LogP) is 1.25. The van der Waals surface area contributed by atoms with Gasteiger partial charge in [0, 0.05) is 32.4 Å². The average molecular weight is 350 g/mol. The van der Waals surface area contributed by atoms with E-state index in [1.165, 1.54) is 6.33 Å². The summed E-state index contributed by atoms with van der Waals surface area (Å²) in [5, 5.41) is 0. The number of halogens is 1. The Kier molecular flexibility index (Phi) is 4.16. The molecule has 110 valence electrons. The highest BCUT2D eigenvalue weighted by Crippen LogP contribution is 2.29. The summed E-state index contributed by atoms with van der Waals surface area (Å²) in [5.74, 6) is 7.91. The number of nitrogens with zero attached hydrogens (tertiary/aromatic N) is 5. The van der Waals surface area contributed by atoms with Crippen molar-refractivity contribution in [1.29, 1.82) is 0 Å². The lowest BCUT2D eigenvalue weighted by Crippen LogP contribution is -2.47. The van der Waals surface area contributed by atoms with Crippen LogP contribution in [0, 0.1) is 0 Å². The number of pyridine rings is 1. The fourth-order valence-corrected chi connectivity index (χ4v) is 2.94. The van der Waals surface area contributed by atoms with Crippen LogP contribution in [-0.4, -0.2) is 41.1 Å². The fourth-order valence-electron chi connectivity index (χ4n) is 2.37. The maximum atomic E-state index is 5.44. The minimum absolute atomic E-state index is 0.590. The van der Waals surface area contributed by atoms with Gasteiger partial charge in [0.1, 0.15) is 22.4 Å². The van der Waals surface area contributed by atoms with Crippen molar-refractivity contribution in [2.75, 3.05) is 41.4 Å². The van der Waals surface area contributed by atoms with E-state index in [0.717, 1.165) is 42.3 Å². The highest BCUT2D eigenvalue weighted by molar-refractivity contribution is 9.10. The van der Waals surface area contributed by atoms with E-state index in [9.17, 15) is 0 Å². The lowest BCUT2D eigenvalue weighted by Gasteiger charge is -2.36. The molecule has 0 radical (unpaired) electrons. The van der Waals surface area contributed by atoms with Crippen LogP contribution in [0.2, 0.25) is 0 Å². The maximum absolute atomic E-state index is 5.44. The molecule has 7 nitrogen and oxygen atoms in total. The first-order chi connectivity index (χ1) is 10.3. The second kappa shape index (κ2) is 6.23. The topological polar surface area (TPSA) is 83.2 Å². The maximum Gasteiger partial charge on any atom is 0.159 e. The van der Waals surface area contributed by atoms with E-state index in [1.807, 2.05) is 24.4 Å². The van der Waals surface area contributed by atoms with Crippen LogP contribution in [0.5, 0.6) is 0 Å².